The molecule has 0 saturated carbocycles. The number of carboxylic acid groups (broad SMARTS) is 1. The van der Waals surface area contributed by atoms with Crippen LogP contribution in [0.4, 0.5) is 4.79 Å². The van der Waals surface area contributed by atoms with Gasteiger partial charge in [0.1, 0.15) is 17.5 Å². The first-order valence-corrected chi connectivity index (χ1v) is 9.41. The number of hydrogen-bond acceptors (Lipinski definition) is 5. The minimum Gasteiger partial charge on any atom is -0.497 e. The van der Waals surface area contributed by atoms with Crippen LogP contribution in [0.15, 0.2) is 42.5 Å². The summed E-state index contributed by atoms with van der Waals surface area (Å²) in [4.78, 5) is 37.2. The number of methoxy groups -OCH3 is 2. The molecule has 2 aromatic rings. The summed E-state index contributed by atoms with van der Waals surface area (Å²) >= 11 is 5.68. The van der Waals surface area contributed by atoms with Crippen molar-refractivity contribution < 1.29 is 29.0 Å². The summed E-state index contributed by atoms with van der Waals surface area (Å²) in [6.45, 7) is 1.62. The zero-order valence-corrected chi connectivity index (χ0v) is 17.6. The topological polar surface area (TPSA) is 105 Å². The number of hydrogen-bond donors (Lipinski definition) is 2. The van der Waals surface area contributed by atoms with Gasteiger partial charge in [-0.25, -0.2) is 4.79 Å². The summed E-state index contributed by atoms with van der Waals surface area (Å²) in [5.41, 5.74) is 1.50. The summed E-state index contributed by atoms with van der Waals surface area (Å²) in [5, 5.41) is 10.5. The fourth-order valence-corrected chi connectivity index (χ4v) is 3.16. The summed E-state index contributed by atoms with van der Waals surface area (Å²) in [6, 6.07) is 10.8. The molecule has 2 aromatic carbocycles. The van der Waals surface area contributed by atoms with Crippen LogP contribution < -0.4 is 14.8 Å². The van der Waals surface area contributed by atoms with E-state index >= 15 is 0 Å². The van der Waals surface area contributed by atoms with Crippen molar-refractivity contribution in [3.8, 4) is 11.5 Å². The van der Waals surface area contributed by atoms with Gasteiger partial charge < -0.3 is 24.8 Å². The Morgan fingerprint density at radius 1 is 1.07 bits per heavy atom. The Morgan fingerprint density at radius 3 is 2.33 bits per heavy atom. The van der Waals surface area contributed by atoms with E-state index in [4.69, 9.17) is 26.2 Å². The highest BCUT2D eigenvalue weighted by Crippen LogP contribution is 2.27. The van der Waals surface area contributed by atoms with Gasteiger partial charge in [0.15, 0.2) is 0 Å². The van der Waals surface area contributed by atoms with Crippen LogP contribution in [-0.4, -0.2) is 47.5 Å². The highest BCUT2D eigenvalue weighted by Gasteiger charge is 2.25. The highest BCUT2D eigenvalue weighted by molar-refractivity contribution is 6.67. The van der Waals surface area contributed by atoms with Gasteiger partial charge >= 0.3 is 6.09 Å². The molecule has 0 radical (unpaired) electrons. The van der Waals surface area contributed by atoms with Crippen molar-refractivity contribution >= 4 is 28.8 Å². The molecule has 0 heterocycles. The second-order valence-electron chi connectivity index (χ2n) is 6.47. The van der Waals surface area contributed by atoms with E-state index in [1.807, 2.05) is 0 Å². The smallest absolute Gasteiger partial charge is 0.405 e. The van der Waals surface area contributed by atoms with Gasteiger partial charge in [-0.2, -0.15) is 0 Å². The Kier molecular flexibility index (Phi) is 8.06. The SMILES string of the molecule is COc1ccc(CN(Cc2ccccc2C(=O)Cl)C(=O)[C@H](C)NC(=O)O)c(OC)c1. The lowest BCUT2D eigenvalue weighted by molar-refractivity contribution is -0.134. The number of nitrogens with zero attached hydrogens (tertiary/aromatic N) is 1. The minimum atomic E-state index is -1.31. The Hall–Kier alpha value is -3.26. The lowest BCUT2D eigenvalue weighted by Crippen LogP contribution is -2.46. The molecule has 0 aromatic heterocycles. The number of amides is 2. The average Bonchev–Trinajstić information content (AvgIpc) is 2.72. The van der Waals surface area contributed by atoms with Crippen LogP contribution in [-0.2, 0) is 17.9 Å². The Bertz CT molecular complexity index is 933. The van der Waals surface area contributed by atoms with Gasteiger partial charge in [-0.15, -0.1) is 0 Å². The van der Waals surface area contributed by atoms with Crippen LogP contribution in [0.25, 0.3) is 0 Å². The van der Waals surface area contributed by atoms with Gasteiger partial charge in [0.2, 0.25) is 5.91 Å². The van der Waals surface area contributed by atoms with E-state index in [0.717, 1.165) is 0 Å². The maximum absolute atomic E-state index is 13.0. The minimum absolute atomic E-state index is 0.0499. The third kappa shape index (κ3) is 5.87. The summed E-state index contributed by atoms with van der Waals surface area (Å²) in [7, 11) is 3.03. The summed E-state index contributed by atoms with van der Waals surface area (Å²) in [6.07, 6.45) is -1.31. The molecular weight excluding hydrogens is 412 g/mol. The fourth-order valence-electron chi connectivity index (χ4n) is 2.98. The van der Waals surface area contributed by atoms with Gasteiger partial charge in [-0.3, -0.25) is 9.59 Å². The summed E-state index contributed by atoms with van der Waals surface area (Å²) in [5.74, 6) is 0.632. The van der Waals surface area contributed by atoms with Crippen LogP contribution in [0.3, 0.4) is 0 Å². The Morgan fingerprint density at radius 2 is 1.73 bits per heavy atom. The second-order valence-corrected chi connectivity index (χ2v) is 6.82. The molecule has 9 heteroatoms. The molecule has 2 amide bonds. The van der Waals surface area contributed by atoms with Crippen molar-refractivity contribution in [1.29, 1.82) is 0 Å². The zero-order chi connectivity index (χ0) is 22.3. The summed E-state index contributed by atoms with van der Waals surface area (Å²) < 4.78 is 10.6. The van der Waals surface area contributed by atoms with Crippen molar-refractivity contribution in [3.05, 3.63) is 59.2 Å². The van der Waals surface area contributed by atoms with Crippen LogP contribution in [0.1, 0.15) is 28.4 Å². The number of carbonyl (C=O) groups is 3. The fraction of sp³-hybridized carbons (Fsp3) is 0.286. The van der Waals surface area contributed by atoms with Gasteiger partial charge in [0, 0.05) is 30.3 Å². The van der Waals surface area contributed by atoms with E-state index in [1.54, 1.807) is 42.5 Å². The first-order chi connectivity index (χ1) is 14.3. The molecule has 0 bridgehead atoms. The van der Waals surface area contributed by atoms with Gasteiger partial charge in [-0.1, -0.05) is 18.2 Å². The predicted octanol–water partition coefficient (Wildman–Crippen LogP) is 3.27. The molecule has 2 rings (SSSR count). The van der Waals surface area contributed by atoms with Gasteiger partial charge in [-0.05, 0) is 42.3 Å². The highest BCUT2D eigenvalue weighted by atomic mass is 35.5. The van der Waals surface area contributed by atoms with Crippen LogP contribution >= 0.6 is 11.6 Å². The number of rotatable bonds is 9. The maximum atomic E-state index is 13.0. The molecule has 2 N–H and O–H groups in total. The molecule has 0 aliphatic rings. The lowest BCUT2D eigenvalue weighted by atomic mass is 10.1. The van der Waals surface area contributed by atoms with Crippen LogP contribution in [0.2, 0.25) is 0 Å². The van der Waals surface area contributed by atoms with E-state index in [1.165, 1.54) is 26.0 Å². The van der Waals surface area contributed by atoms with E-state index in [2.05, 4.69) is 5.32 Å². The number of carbonyl (C=O) groups excluding carboxylic acids is 2. The molecule has 0 aliphatic carbocycles. The quantitative estimate of drug-likeness (QED) is 0.587. The first kappa shape index (κ1) is 23.0. The molecule has 0 unspecified atom stereocenters. The van der Waals surface area contributed by atoms with E-state index in [-0.39, 0.29) is 18.7 Å². The molecule has 1 atom stereocenters. The third-order valence-corrected chi connectivity index (χ3v) is 4.67. The van der Waals surface area contributed by atoms with Crippen LogP contribution in [0, 0.1) is 0 Å². The second kappa shape index (κ2) is 10.5. The molecule has 0 fully saturated rings. The molecule has 8 nitrogen and oxygen atoms in total. The Balaban J connectivity index is 2.41. The van der Waals surface area contributed by atoms with Gasteiger partial charge in [0.05, 0.1) is 14.2 Å². The third-order valence-electron chi connectivity index (χ3n) is 4.47. The molecular formula is C21H23ClN2O6. The van der Waals surface area contributed by atoms with Crippen molar-refractivity contribution in [2.45, 2.75) is 26.1 Å². The lowest BCUT2D eigenvalue weighted by Gasteiger charge is -2.27. The van der Waals surface area contributed by atoms with Crippen molar-refractivity contribution in [2.24, 2.45) is 0 Å². The molecule has 0 spiro atoms. The average molecular weight is 435 g/mol. The van der Waals surface area contributed by atoms with Crippen molar-refractivity contribution in [1.82, 2.24) is 10.2 Å². The number of halogens is 1. The monoisotopic (exact) mass is 434 g/mol. The molecule has 160 valence electrons. The van der Waals surface area contributed by atoms with Crippen LogP contribution in [0.5, 0.6) is 11.5 Å². The van der Waals surface area contributed by atoms with Crippen molar-refractivity contribution in [2.75, 3.05) is 14.2 Å². The first-order valence-electron chi connectivity index (χ1n) is 9.03. The number of ether oxygens (including phenoxy) is 2. The Labute approximate surface area is 179 Å². The predicted molar refractivity (Wildman–Crippen MR) is 111 cm³/mol. The standard InChI is InChI=1S/C21H23ClN2O6/c1-13(23-21(27)28)20(26)24(11-14-6-4-5-7-17(14)19(22)25)12-15-8-9-16(29-2)10-18(15)30-3/h4-10,13,23H,11-12H2,1-3H3,(H,27,28)/t13-/m0/s1. The number of benzene rings is 2. The van der Waals surface area contributed by atoms with Gasteiger partial charge in [0.25, 0.3) is 5.24 Å². The van der Waals surface area contributed by atoms with Crippen molar-refractivity contribution in [3.63, 3.8) is 0 Å². The molecule has 0 saturated heterocycles. The number of nitrogens with one attached hydrogen (secondary N) is 1. The molecule has 0 aliphatic heterocycles. The van der Waals surface area contributed by atoms with E-state index < -0.39 is 23.3 Å². The van der Waals surface area contributed by atoms with E-state index in [0.29, 0.717) is 22.6 Å². The molecule has 30 heavy (non-hydrogen) atoms. The normalized spacial score (nSPS) is 11.3. The largest absolute Gasteiger partial charge is 0.497 e. The maximum Gasteiger partial charge on any atom is 0.405 e. The van der Waals surface area contributed by atoms with E-state index in [9.17, 15) is 14.4 Å². The zero-order valence-electron chi connectivity index (χ0n) is 16.8.